The molecule has 0 spiro atoms. The van der Waals surface area contributed by atoms with Crippen LogP contribution < -0.4 is 5.32 Å². The molecule has 5 nitrogen and oxygen atoms in total. The van der Waals surface area contributed by atoms with Crippen LogP contribution in [0.1, 0.15) is 36.7 Å². The number of aromatic nitrogens is 2. The van der Waals surface area contributed by atoms with Crippen LogP contribution >= 0.6 is 11.7 Å². The average molecular weight is 268 g/mol. The van der Waals surface area contributed by atoms with Crippen LogP contribution in [0.4, 0.5) is 0 Å². The van der Waals surface area contributed by atoms with Crippen molar-refractivity contribution in [2.24, 2.45) is 5.92 Å². The van der Waals surface area contributed by atoms with Crippen molar-refractivity contribution in [1.29, 1.82) is 0 Å². The Kier molecular flexibility index (Phi) is 5.07. The van der Waals surface area contributed by atoms with Crippen molar-refractivity contribution in [3.63, 3.8) is 0 Å². The lowest BCUT2D eigenvalue weighted by Crippen LogP contribution is -2.39. The molecule has 1 aromatic heterocycles. The van der Waals surface area contributed by atoms with Crippen LogP contribution in [0.5, 0.6) is 0 Å². The zero-order valence-electron chi connectivity index (χ0n) is 10.8. The predicted octanol–water partition coefficient (Wildman–Crippen LogP) is 1.39. The second kappa shape index (κ2) is 6.80. The molecule has 1 N–H and O–H groups in total. The van der Waals surface area contributed by atoms with Crippen molar-refractivity contribution in [2.45, 2.75) is 26.2 Å². The fourth-order valence-electron chi connectivity index (χ4n) is 2.34. The predicted molar refractivity (Wildman–Crippen MR) is 71.7 cm³/mol. The minimum atomic E-state index is 0.0316. The summed E-state index contributed by atoms with van der Waals surface area (Å²) in [6.07, 6.45) is 4.86. The third-order valence-corrected chi connectivity index (χ3v) is 3.78. The molecule has 0 radical (unpaired) electrons. The molecule has 0 saturated carbocycles. The molecule has 1 amide bonds. The summed E-state index contributed by atoms with van der Waals surface area (Å²) in [6.45, 7) is 5.89. The highest BCUT2D eigenvalue weighted by molar-refractivity contribution is 6.99. The monoisotopic (exact) mass is 268 g/mol. The number of hydrogen-bond acceptors (Lipinski definition) is 5. The summed E-state index contributed by atoms with van der Waals surface area (Å²) in [5.74, 6) is 0.650. The summed E-state index contributed by atoms with van der Waals surface area (Å²) in [5.41, 5.74) is 0.488. The zero-order valence-corrected chi connectivity index (χ0v) is 11.6. The molecule has 0 bridgehead atoms. The second-order valence-corrected chi connectivity index (χ2v) is 5.29. The van der Waals surface area contributed by atoms with Gasteiger partial charge in [-0.2, -0.15) is 8.75 Å². The van der Waals surface area contributed by atoms with Gasteiger partial charge in [0.2, 0.25) is 0 Å². The van der Waals surface area contributed by atoms with Crippen molar-refractivity contribution in [3.05, 3.63) is 11.9 Å². The van der Waals surface area contributed by atoms with Gasteiger partial charge in [0.15, 0.2) is 5.69 Å². The minimum absolute atomic E-state index is 0.0316. The highest BCUT2D eigenvalue weighted by Crippen LogP contribution is 2.15. The molecular weight excluding hydrogens is 248 g/mol. The maximum absolute atomic E-state index is 12.3. The number of hydrogen-bond donors (Lipinski definition) is 1. The van der Waals surface area contributed by atoms with Gasteiger partial charge in [0, 0.05) is 13.1 Å². The van der Waals surface area contributed by atoms with E-state index in [2.05, 4.69) is 21.0 Å². The van der Waals surface area contributed by atoms with Crippen LogP contribution in [0.15, 0.2) is 6.20 Å². The van der Waals surface area contributed by atoms with E-state index in [4.69, 9.17) is 0 Å². The van der Waals surface area contributed by atoms with E-state index in [1.807, 2.05) is 4.90 Å². The van der Waals surface area contributed by atoms with Gasteiger partial charge in [-0.25, -0.2) is 0 Å². The summed E-state index contributed by atoms with van der Waals surface area (Å²) >= 11 is 1.09. The number of nitrogens with one attached hydrogen (secondary N) is 1. The normalized spacial score (nSPS) is 16.7. The van der Waals surface area contributed by atoms with Crippen molar-refractivity contribution in [1.82, 2.24) is 19.0 Å². The molecule has 1 aromatic rings. The molecule has 0 aromatic carbocycles. The Hall–Kier alpha value is -1.01. The summed E-state index contributed by atoms with van der Waals surface area (Å²) in [6, 6.07) is 0. The molecular formula is C12H20N4OS. The van der Waals surface area contributed by atoms with Gasteiger partial charge in [-0.3, -0.25) is 4.79 Å². The van der Waals surface area contributed by atoms with Crippen molar-refractivity contribution in [3.8, 4) is 0 Å². The van der Waals surface area contributed by atoms with Gasteiger partial charge in [0.25, 0.3) is 5.91 Å². The van der Waals surface area contributed by atoms with Gasteiger partial charge in [-0.1, -0.05) is 6.92 Å². The number of piperidine rings is 1. The minimum Gasteiger partial charge on any atom is -0.337 e. The molecule has 100 valence electrons. The van der Waals surface area contributed by atoms with E-state index < -0.39 is 0 Å². The number of carbonyl (C=O) groups is 1. The molecule has 1 aliphatic rings. The van der Waals surface area contributed by atoms with E-state index in [0.29, 0.717) is 11.6 Å². The lowest BCUT2D eigenvalue weighted by molar-refractivity contribution is 0.0711. The molecule has 6 heteroatoms. The van der Waals surface area contributed by atoms with Crippen molar-refractivity contribution in [2.75, 3.05) is 26.2 Å². The average Bonchev–Trinajstić information content (AvgIpc) is 2.92. The Morgan fingerprint density at radius 2 is 2.33 bits per heavy atom. The van der Waals surface area contributed by atoms with Crippen LogP contribution in [-0.2, 0) is 0 Å². The van der Waals surface area contributed by atoms with E-state index in [1.54, 1.807) is 6.20 Å². The van der Waals surface area contributed by atoms with E-state index in [9.17, 15) is 4.79 Å². The summed E-state index contributed by atoms with van der Waals surface area (Å²) < 4.78 is 7.95. The molecule has 2 rings (SSSR count). The first kappa shape index (κ1) is 13.4. The summed E-state index contributed by atoms with van der Waals surface area (Å²) in [4.78, 5) is 14.2. The van der Waals surface area contributed by atoms with Gasteiger partial charge in [0.05, 0.1) is 17.9 Å². The van der Waals surface area contributed by atoms with Crippen molar-refractivity contribution >= 4 is 17.6 Å². The third-order valence-electron chi connectivity index (χ3n) is 3.30. The molecule has 0 unspecified atom stereocenters. The lowest BCUT2D eigenvalue weighted by Gasteiger charge is -2.29. The molecule has 1 fully saturated rings. The number of nitrogens with zero attached hydrogens (tertiary/aromatic N) is 3. The fraction of sp³-hybridized carbons (Fsp3) is 0.750. The van der Waals surface area contributed by atoms with Gasteiger partial charge in [-0.05, 0) is 38.3 Å². The third kappa shape index (κ3) is 3.49. The van der Waals surface area contributed by atoms with Gasteiger partial charge < -0.3 is 10.2 Å². The van der Waals surface area contributed by atoms with Crippen LogP contribution in [0.3, 0.4) is 0 Å². The standard InChI is InChI=1S/C12H20N4OS/c1-2-7-16(9-10-3-5-13-6-4-10)12(17)11-8-14-18-15-11/h8,10,13H,2-7,9H2,1H3. The SMILES string of the molecule is CCCN(CC1CCNCC1)C(=O)c1cnsn1. The highest BCUT2D eigenvalue weighted by Gasteiger charge is 2.22. The van der Waals surface area contributed by atoms with Crippen LogP contribution in [0.2, 0.25) is 0 Å². The number of carbonyl (C=O) groups excluding carboxylic acids is 1. The van der Waals surface area contributed by atoms with Gasteiger partial charge in [0.1, 0.15) is 0 Å². The first-order chi connectivity index (χ1) is 8.81. The van der Waals surface area contributed by atoms with E-state index in [1.165, 1.54) is 0 Å². The second-order valence-electron chi connectivity index (χ2n) is 4.74. The Morgan fingerprint density at radius 3 is 2.94 bits per heavy atom. The van der Waals surface area contributed by atoms with Crippen LogP contribution in [-0.4, -0.2) is 45.7 Å². The summed E-state index contributed by atoms with van der Waals surface area (Å²) in [5, 5.41) is 3.35. The molecule has 0 atom stereocenters. The van der Waals surface area contributed by atoms with E-state index in [0.717, 1.165) is 57.2 Å². The number of amides is 1. The quantitative estimate of drug-likeness (QED) is 0.877. The molecule has 2 heterocycles. The smallest absolute Gasteiger partial charge is 0.275 e. The molecule has 18 heavy (non-hydrogen) atoms. The number of rotatable bonds is 5. The molecule has 1 aliphatic heterocycles. The Balaban J connectivity index is 1.96. The van der Waals surface area contributed by atoms with E-state index >= 15 is 0 Å². The topological polar surface area (TPSA) is 58.1 Å². The maximum atomic E-state index is 12.3. The van der Waals surface area contributed by atoms with E-state index in [-0.39, 0.29) is 5.91 Å². The van der Waals surface area contributed by atoms with Crippen LogP contribution in [0.25, 0.3) is 0 Å². The fourth-order valence-corrected chi connectivity index (χ4v) is 2.75. The molecule has 1 saturated heterocycles. The zero-order chi connectivity index (χ0) is 12.8. The Labute approximate surface area is 112 Å². The Bertz CT molecular complexity index is 362. The highest BCUT2D eigenvalue weighted by atomic mass is 32.1. The maximum Gasteiger partial charge on any atom is 0.275 e. The largest absolute Gasteiger partial charge is 0.337 e. The van der Waals surface area contributed by atoms with Gasteiger partial charge >= 0.3 is 0 Å². The lowest BCUT2D eigenvalue weighted by atomic mass is 9.97. The first-order valence-electron chi connectivity index (χ1n) is 6.58. The summed E-state index contributed by atoms with van der Waals surface area (Å²) in [7, 11) is 0. The van der Waals surface area contributed by atoms with Gasteiger partial charge in [-0.15, -0.1) is 0 Å². The first-order valence-corrected chi connectivity index (χ1v) is 7.32. The molecule has 0 aliphatic carbocycles. The van der Waals surface area contributed by atoms with Crippen LogP contribution in [0, 0.1) is 5.92 Å². The van der Waals surface area contributed by atoms with Crippen molar-refractivity contribution < 1.29 is 4.79 Å². The Morgan fingerprint density at radius 1 is 1.56 bits per heavy atom.